The van der Waals surface area contributed by atoms with Gasteiger partial charge in [0.1, 0.15) is 5.76 Å². The first-order valence-corrected chi connectivity index (χ1v) is 13.1. The van der Waals surface area contributed by atoms with Gasteiger partial charge in [0.05, 0.1) is 5.57 Å². The van der Waals surface area contributed by atoms with Crippen LogP contribution in [-0.4, -0.2) is 25.0 Å². The lowest BCUT2D eigenvalue weighted by molar-refractivity contribution is -0.140. The van der Waals surface area contributed by atoms with Gasteiger partial charge < -0.3 is 9.47 Å². The third-order valence-corrected chi connectivity index (χ3v) is 7.36. The molecule has 0 saturated carbocycles. The molecule has 0 N–H and O–H groups in total. The minimum absolute atomic E-state index is 0.127. The second-order valence-corrected chi connectivity index (χ2v) is 9.99. The molecular weight excluding hydrogens is 412 g/mol. The second kappa shape index (κ2) is 12.0. The third-order valence-electron chi connectivity index (χ3n) is 7.36. The molecular formula is C29H42O4. The Balaban J connectivity index is 1.97. The maximum Gasteiger partial charge on any atom is 0.310 e. The predicted octanol–water partition coefficient (Wildman–Crippen LogP) is 6.89. The van der Waals surface area contributed by atoms with E-state index in [4.69, 9.17) is 9.47 Å². The molecule has 1 fully saturated rings. The molecule has 1 spiro atoms. The third kappa shape index (κ3) is 6.35. The van der Waals surface area contributed by atoms with Crippen LogP contribution in [0.15, 0.2) is 17.9 Å². The first-order valence-electron chi connectivity index (χ1n) is 13.1. The van der Waals surface area contributed by atoms with E-state index in [9.17, 15) is 9.59 Å². The highest BCUT2D eigenvalue weighted by Crippen LogP contribution is 2.48. The Morgan fingerprint density at radius 1 is 0.970 bits per heavy atom. The average molecular weight is 455 g/mol. The van der Waals surface area contributed by atoms with Gasteiger partial charge in [-0.1, -0.05) is 64.2 Å². The number of ketones is 1. The number of hydrogen-bond donors (Lipinski definition) is 0. The Morgan fingerprint density at radius 2 is 1.61 bits per heavy atom. The summed E-state index contributed by atoms with van der Waals surface area (Å²) in [6, 6.07) is 4.36. The van der Waals surface area contributed by atoms with Crippen molar-refractivity contribution in [1.29, 1.82) is 0 Å². The van der Waals surface area contributed by atoms with E-state index >= 15 is 0 Å². The van der Waals surface area contributed by atoms with Crippen molar-refractivity contribution in [3.05, 3.63) is 40.1 Å². The molecule has 4 heteroatoms. The summed E-state index contributed by atoms with van der Waals surface area (Å²) in [5, 5.41) is 0. The summed E-state index contributed by atoms with van der Waals surface area (Å²) in [6.45, 7) is 9.91. The maximum absolute atomic E-state index is 13.7. The van der Waals surface area contributed by atoms with Crippen LogP contribution < -0.4 is 0 Å². The number of carbonyl (C=O) groups excluding carboxylic acids is 2. The lowest BCUT2D eigenvalue weighted by Gasteiger charge is -2.41. The Kier molecular flexibility index (Phi) is 9.31. The summed E-state index contributed by atoms with van der Waals surface area (Å²) in [7, 11) is 0. The van der Waals surface area contributed by atoms with E-state index in [1.807, 2.05) is 0 Å². The molecule has 1 aromatic rings. The maximum atomic E-state index is 13.7. The fourth-order valence-electron chi connectivity index (χ4n) is 5.48. The van der Waals surface area contributed by atoms with E-state index in [-0.39, 0.29) is 17.2 Å². The van der Waals surface area contributed by atoms with Crippen molar-refractivity contribution in [2.45, 2.75) is 105 Å². The Bertz CT molecular complexity index is 849. The molecule has 1 aromatic carbocycles. The van der Waals surface area contributed by atoms with Crippen molar-refractivity contribution < 1.29 is 19.1 Å². The van der Waals surface area contributed by atoms with Crippen LogP contribution in [0, 0.1) is 12.3 Å². The average Bonchev–Trinajstić information content (AvgIpc) is 2.79. The molecule has 0 atom stereocenters. The number of allylic oxidation sites excluding steroid dienone is 2. The van der Waals surface area contributed by atoms with Crippen LogP contribution in [0.5, 0.6) is 0 Å². The van der Waals surface area contributed by atoms with Gasteiger partial charge in [0.2, 0.25) is 0 Å². The molecule has 182 valence electrons. The molecule has 2 aliphatic rings. The minimum Gasteiger partial charge on any atom is -0.430 e. The van der Waals surface area contributed by atoms with Crippen molar-refractivity contribution in [3.63, 3.8) is 0 Å². The van der Waals surface area contributed by atoms with Crippen LogP contribution >= 0.6 is 0 Å². The zero-order chi connectivity index (χ0) is 23.8. The number of aryl methyl sites for hydroxylation is 3. The van der Waals surface area contributed by atoms with Gasteiger partial charge in [-0.05, 0) is 61.1 Å². The summed E-state index contributed by atoms with van der Waals surface area (Å²) in [4.78, 5) is 26.6. The number of rotatable bonds is 10. The summed E-state index contributed by atoms with van der Waals surface area (Å²) in [5.41, 5.74) is 5.10. The number of unbranched alkanes of at least 4 members (excludes halogenated alkanes) is 4. The van der Waals surface area contributed by atoms with Gasteiger partial charge in [-0.2, -0.15) is 0 Å². The molecule has 1 saturated heterocycles. The zero-order valence-corrected chi connectivity index (χ0v) is 21.2. The number of benzene rings is 1. The molecule has 1 aliphatic carbocycles. The first kappa shape index (κ1) is 25.7. The predicted molar refractivity (Wildman–Crippen MR) is 133 cm³/mol. The van der Waals surface area contributed by atoms with Crippen molar-refractivity contribution in [2.24, 2.45) is 5.41 Å². The molecule has 1 heterocycles. The number of hydrogen-bond acceptors (Lipinski definition) is 4. The molecule has 0 aromatic heterocycles. The first-order chi connectivity index (χ1) is 15.9. The van der Waals surface area contributed by atoms with Gasteiger partial charge in [-0.25, -0.2) is 0 Å². The quantitative estimate of drug-likeness (QED) is 0.285. The molecule has 4 nitrogen and oxygen atoms in total. The van der Waals surface area contributed by atoms with E-state index in [0.717, 1.165) is 50.5 Å². The number of ether oxygens (including phenoxy) is 2. The standard InChI is InChI=1S/C29H42O4/c1-5-8-9-10-11-12-26(31)33-25-20-29(13-15-32-16-14-29)19-24(30)28(25)27-22(6-2)17-21(4)18-23(27)7-3/h17-18H,5-16,19-20H2,1-4H3. The van der Waals surface area contributed by atoms with Gasteiger partial charge >= 0.3 is 5.97 Å². The fourth-order valence-corrected chi connectivity index (χ4v) is 5.48. The lowest BCUT2D eigenvalue weighted by atomic mass is 9.67. The van der Waals surface area contributed by atoms with Crippen molar-refractivity contribution in [1.82, 2.24) is 0 Å². The largest absolute Gasteiger partial charge is 0.430 e. The summed E-state index contributed by atoms with van der Waals surface area (Å²) in [6.07, 6.45) is 10.4. The molecule has 3 rings (SSSR count). The smallest absolute Gasteiger partial charge is 0.310 e. The zero-order valence-electron chi connectivity index (χ0n) is 21.2. The van der Waals surface area contributed by atoms with Crippen LogP contribution in [0.4, 0.5) is 0 Å². The molecule has 33 heavy (non-hydrogen) atoms. The van der Waals surface area contributed by atoms with Crippen LogP contribution in [-0.2, 0) is 31.9 Å². The van der Waals surface area contributed by atoms with Crippen molar-refractivity contribution in [3.8, 4) is 0 Å². The Labute approximate surface area is 200 Å². The van der Waals surface area contributed by atoms with Gasteiger partial charge in [-0.3, -0.25) is 9.59 Å². The molecule has 0 bridgehead atoms. The Morgan fingerprint density at radius 3 is 2.21 bits per heavy atom. The minimum atomic E-state index is -0.195. The van der Waals surface area contributed by atoms with Gasteiger partial charge in [0.25, 0.3) is 0 Å². The molecule has 0 amide bonds. The van der Waals surface area contributed by atoms with Crippen LogP contribution in [0.3, 0.4) is 0 Å². The number of esters is 1. The van der Waals surface area contributed by atoms with Crippen molar-refractivity contribution >= 4 is 17.3 Å². The van der Waals surface area contributed by atoms with Gasteiger partial charge in [0, 0.05) is 32.5 Å². The van der Waals surface area contributed by atoms with Gasteiger partial charge in [0.15, 0.2) is 5.78 Å². The van der Waals surface area contributed by atoms with Crippen LogP contribution in [0.25, 0.3) is 5.57 Å². The van der Waals surface area contributed by atoms with Crippen molar-refractivity contribution in [2.75, 3.05) is 13.2 Å². The highest BCUT2D eigenvalue weighted by atomic mass is 16.5. The highest BCUT2D eigenvalue weighted by molar-refractivity contribution is 6.23. The monoisotopic (exact) mass is 454 g/mol. The number of carbonyl (C=O) groups is 2. The summed E-state index contributed by atoms with van der Waals surface area (Å²) < 4.78 is 11.7. The Hall–Kier alpha value is -1.94. The van der Waals surface area contributed by atoms with Gasteiger partial charge in [-0.15, -0.1) is 0 Å². The summed E-state index contributed by atoms with van der Waals surface area (Å²) in [5.74, 6) is 0.543. The SMILES string of the molecule is CCCCCCCC(=O)OC1=C(c2c(CC)cc(C)cc2CC)C(=O)CC2(CCOCC2)C1. The van der Waals surface area contributed by atoms with E-state index in [1.54, 1.807) is 0 Å². The summed E-state index contributed by atoms with van der Waals surface area (Å²) >= 11 is 0. The molecule has 0 radical (unpaired) electrons. The van der Waals surface area contributed by atoms with Crippen LogP contribution in [0.1, 0.15) is 107 Å². The lowest BCUT2D eigenvalue weighted by Crippen LogP contribution is -2.37. The molecule has 1 aliphatic heterocycles. The second-order valence-electron chi connectivity index (χ2n) is 9.99. The van der Waals surface area contributed by atoms with E-state index < -0.39 is 0 Å². The number of Topliss-reactive ketones (excluding diaryl/α,β-unsaturated/α-hetero) is 1. The fraction of sp³-hybridized carbons (Fsp3) is 0.655. The van der Waals surface area contributed by atoms with Crippen LogP contribution in [0.2, 0.25) is 0 Å². The highest BCUT2D eigenvalue weighted by Gasteiger charge is 2.43. The van der Waals surface area contributed by atoms with E-state index in [1.165, 1.54) is 29.5 Å². The van der Waals surface area contributed by atoms with E-state index in [2.05, 4.69) is 39.8 Å². The normalized spacial score (nSPS) is 18.1. The topological polar surface area (TPSA) is 52.6 Å². The van der Waals surface area contributed by atoms with E-state index in [0.29, 0.717) is 43.8 Å². The molecule has 0 unspecified atom stereocenters.